The van der Waals surface area contributed by atoms with E-state index in [1.807, 2.05) is 39.0 Å². The summed E-state index contributed by atoms with van der Waals surface area (Å²) < 4.78 is 1.79. The van der Waals surface area contributed by atoms with Crippen molar-refractivity contribution in [2.24, 2.45) is 4.99 Å². The highest BCUT2D eigenvalue weighted by Crippen LogP contribution is 2.09. The van der Waals surface area contributed by atoms with Gasteiger partial charge in [0.2, 0.25) is 0 Å². The monoisotopic (exact) mass is 241 g/mol. The van der Waals surface area contributed by atoms with Crippen molar-refractivity contribution in [2.45, 2.75) is 20.8 Å². The SMILES string of the molecule is C=NC(=C\C)/C=C/c1nc2c(C)ncc(C)n2n1. The number of hydrogen-bond acceptors (Lipinski definition) is 4. The lowest BCUT2D eigenvalue weighted by atomic mass is 10.3. The molecular weight excluding hydrogens is 226 g/mol. The van der Waals surface area contributed by atoms with Crippen LogP contribution in [-0.2, 0) is 0 Å². The Kier molecular flexibility index (Phi) is 3.32. The van der Waals surface area contributed by atoms with Crippen molar-refractivity contribution in [1.82, 2.24) is 19.6 Å². The van der Waals surface area contributed by atoms with Crippen LogP contribution in [0.5, 0.6) is 0 Å². The van der Waals surface area contributed by atoms with E-state index in [1.54, 1.807) is 10.7 Å². The average Bonchev–Trinajstić information content (AvgIpc) is 2.81. The number of nitrogens with zero attached hydrogens (tertiary/aromatic N) is 5. The zero-order chi connectivity index (χ0) is 13.1. The smallest absolute Gasteiger partial charge is 0.177 e. The number of aromatic nitrogens is 4. The first kappa shape index (κ1) is 12.2. The second-order valence-electron chi connectivity index (χ2n) is 3.90. The second kappa shape index (κ2) is 4.91. The maximum atomic E-state index is 4.43. The summed E-state index contributed by atoms with van der Waals surface area (Å²) in [5, 5.41) is 4.40. The molecule has 5 nitrogen and oxygen atoms in total. The Morgan fingerprint density at radius 1 is 1.44 bits per heavy atom. The van der Waals surface area contributed by atoms with Crippen LogP contribution >= 0.6 is 0 Å². The molecule has 0 radical (unpaired) electrons. The van der Waals surface area contributed by atoms with E-state index < -0.39 is 0 Å². The third-order valence-corrected chi connectivity index (χ3v) is 2.61. The molecule has 0 N–H and O–H groups in total. The lowest BCUT2D eigenvalue weighted by molar-refractivity contribution is 0.884. The van der Waals surface area contributed by atoms with E-state index in [-0.39, 0.29) is 0 Å². The summed E-state index contributed by atoms with van der Waals surface area (Å²) in [7, 11) is 0. The highest BCUT2D eigenvalue weighted by Gasteiger charge is 2.06. The van der Waals surface area contributed by atoms with Gasteiger partial charge in [-0.2, -0.15) is 0 Å². The lowest BCUT2D eigenvalue weighted by Gasteiger charge is -1.97. The molecule has 0 amide bonds. The molecule has 0 unspecified atom stereocenters. The number of allylic oxidation sites excluding steroid dienone is 2. The summed E-state index contributed by atoms with van der Waals surface area (Å²) in [5.41, 5.74) is 3.39. The molecule has 0 aromatic carbocycles. The first-order valence-electron chi connectivity index (χ1n) is 5.66. The summed E-state index contributed by atoms with van der Waals surface area (Å²) in [4.78, 5) is 12.5. The van der Waals surface area contributed by atoms with Crippen molar-refractivity contribution < 1.29 is 0 Å². The Balaban J connectivity index is 2.45. The van der Waals surface area contributed by atoms with E-state index >= 15 is 0 Å². The topological polar surface area (TPSA) is 55.4 Å². The molecule has 0 fully saturated rings. The van der Waals surface area contributed by atoms with Gasteiger partial charge in [0.25, 0.3) is 0 Å². The molecule has 2 rings (SSSR count). The van der Waals surface area contributed by atoms with Gasteiger partial charge in [-0.15, -0.1) is 5.10 Å². The van der Waals surface area contributed by atoms with Crippen LogP contribution in [0.4, 0.5) is 0 Å². The molecule has 0 saturated heterocycles. The quantitative estimate of drug-likeness (QED) is 0.612. The van der Waals surface area contributed by atoms with Crippen LogP contribution in [0.3, 0.4) is 0 Å². The van der Waals surface area contributed by atoms with Gasteiger partial charge in [-0.05, 0) is 39.6 Å². The summed E-state index contributed by atoms with van der Waals surface area (Å²) in [6.45, 7) is 9.26. The minimum atomic E-state index is 0.636. The highest BCUT2D eigenvalue weighted by molar-refractivity contribution is 5.52. The van der Waals surface area contributed by atoms with Crippen LogP contribution in [0.2, 0.25) is 0 Å². The van der Waals surface area contributed by atoms with Gasteiger partial charge in [0.05, 0.1) is 17.1 Å². The van der Waals surface area contributed by atoms with Crippen molar-refractivity contribution in [1.29, 1.82) is 0 Å². The molecular formula is C13H15N5. The normalized spacial score (nSPS) is 12.5. The summed E-state index contributed by atoms with van der Waals surface area (Å²) in [6, 6.07) is 0. The molecule has 2 aromatic rings. The predicted molar refractivity (Wildman–Crippen MR) is 72.6 cm³/mol. The molecule has 0 atom stereocenters. The van der Waals surface area contributed by atoms with Crippen LogP contribution in [0, 0.1) is 13.8 Å². The van der Waals surface area contributed by atoms with E-state index in [2.05, 4.69) is 26.8 Å². The molecule has 2 aromatic heterocycles. The largest absolute Gasteiger partial charge is 0.265 e. The number of aryl methyl sites for hydroxylation is 2. The van der Waals surface area contributed by atoms with Gasteiger partial charge in [-0.1, -0.05) is 6.08 Å². The Morgan fingerprint density at radius 2 is 2.22 bits per heavy atom. The summed E-state index contributed by atoms with van der Waals surface area (Å²) in [6.07, 6.45) is 7.31. The van der Waals surface area contributed by atoms with Gasteiger partial charge in [0, 0.05) is 6.20 Å². The van der Waals surface area contributed by atoms with Crippen LogP contribution in [-0.4, -0.2) is 26.3 Å². The van der Waals surface area contributed by atoms with E-state index in [0.29, 0.717) is 5.82 Å². The van der Waals surface area contributed by atoms with Gasteiger partial charge in [-0.3, -0.25) is 9.98 Å². The Morgan fingerprint density at radius 3 is 2.83 bits per heavy atom. The molecule has 92 valence electrons. The second-order valence-corrected chi connectivity index (χ2v) is 3.90. The summed E-state index contributed by atoms with van der Waals surface area (Å²) in [5.74, 6) is 0.636. The molecule has 5 heteroatoms. The van der Waals surface area contributed by atoms with Gasteiger partial charge in [-0.25, -0.2) is 9.50 Å². The third kappa shape index (κ3) is 2.20. The number of fused-ring (bicyclic) bond motifs is 1. The standard InChI is InChI=1S/C13H15N5/c1-5-11(14-4)6-7-12-16-13-10(3)15-8-9(2)18(13)17-12/h5-8H,4H2,1-3H3/b7-6+,11-5-. The maximum Gasteiger partial charge on any atom is 0.177 e. The molecule has 0 aliphatic rings. The Labute approximate surface area is 106 Å². The summed E-state index contributed by atoms with van der Waals surface area (Å²) >= 11 is 0. The van der Waals surface area contributed by atoms with E-state index in [9.17, 15) is 0 Å². The molecule has 0 saturated carbocycles. The minimum Gasteiger partial charge on any atom is -0.265 e. The fourth-order valence-electron chi connectivity index (χ4n) is 1.58. The predicted octanol–water partition coefficient (Wildman–Crippen LogP) is 2.36. The maximum absolute atomic E-state index is 4.43. The van der Waals surface area contributed by atoms with E-state index in [4.69, 9.17) is 0 Å². The molecule has 18 heavy (non-hydrogen) atoms. The molecule has 2 heterocycles. The van der Waals surface area contributed by atoms with Gasteiger partial charge in [0.1, 0.15) is 0 Å². The zero-order valence-electron chi connectivity index (χ0n) is 10.8. The lowest BCUT2D eigenvalue weighted by Crippen LogP contribution is -1.97. The molecule has 0 bridgehead atoms. The number of hydrogen-bond donors (Lipinski definition) is 0. The Hall–Kier alpha value is -2.30. The van der Waals surface area contributed by atoms with E-state index in [0.717, 1.165) is 22.7 Å². The minimum absolute atomic E-state index is 0.636. The van der Waals surface area contributed by atoms with Crippen molar-refractivity contribution in [2.75, 3.05) is 0 Å². The molecule has 0 spiro atoms. The fraction of sp³-hybridized carbons (Fsp3) is 0.231. The highest BCUT2D eigenvalue weighted by atomic mass is 15.3. The zero-order valence-corrected chi connectivity index (χ0v) is 10.8. The first-order chi connectivity index (χ1) is 8.65. The van der Waals surface area contributed by atoms with Gasteiger partial charge in [0.15, 0.2) is 11.5 Å². The van der Waals surface area contributed by atoms with Crippen molar-refractivity contribution in [3.05, 3.63) is 41.3 Å². The average molecular weight is 241 g/mol. The molecule has 0 aliphatic heterocycles. The van der Waals surface area contributed by atoms with Crippen molar-refractivity contribution in [3.8, 4) is 0 Å². The van der Waals surface area contributed by atoms with Gasteiger partial charge < -0.3 is 0 Å². The van der Waals surface area contributed by atoms with Crippen molar-refractivity contribution in [3.63, 3.8) is 0 Å². The number of aliphatic imine (C=N–C) groups is 1. The number of rotatable bonds is 3. The van der Waals surface area contributed by atoms with Crippen LogP contribution in [0.25, 0.3) is 11.7 Å². The van der Waals surface area contributed by atoms with Crippen LogP contribution < -0.4 is 0 Å². The van der Waals surface area contributed by atoms with Crippen LogP contribution in [0.15, 0.2) is 29.0 Å². The third-order valence-electron chi connectivity index (χ3n) is 2.61. The molecule has 0 aliphatic carbocycles. The Bertz CT molecular complexity index is 610. The fourth-order valence-corrected chi connectivity index (χ4v) is 1.58. The van der Waals surface area contributed by atoms with Gasteiger partial charge >= 0.3 is 0 Å². The first-order valence-corrected chi connectivity index (χ1v) is 5.66. The van der Waals surface area contributed by atoms with E-state index in [1.165, 1.54) is 0 Å². The van der Waals surface area contributed by atoms with Crippen molar-refractivity contribution >= 4 is 18.4 Å². The van der Waals surface area contributed by atoms with Crippen LogP contribution in [0.1, 0.15) is 24.1 Å².